The molecule has 0 N–H and O–H groups in total. The summed E-state index contributed by atoms with van der Waals surface area (Å²) < 4.78 is 3.80. The number of ketones is 1. The first kappa shape index (κ1) is 17.7. The zero-order chi connectivity index (χ0) is 19.8. The minimum Gasteiger partial charge on any atom is -0.317 e. The molecule has 2 aromatic carbocycles. The number of aryl methyl sites for hydroxylation is 1. The first-order valence-electron chi connectivity index (χ1n) is 8.77. The third-order valence-corrected chi connectivity index (χ3v) is 4.85. The maximum atomic E-state index is 12.7. The highest BCUT2D eigenvalue weighted by Crippen LogP contribution is 2.19. The van der Waals surface area contributed by atoms with E-state index >= 15 is 0 Å². The van der Waals surface area contributed by atoms with Crippen molar-refractivity contribution in [2.75, 3.05) is 0 Å². The Morgan fingerprint density at radius 3 is 2.21 bits per heavy atom. The smallest absolute Gasteiger partial charge is 0.317 e. The zero-order valence-electron chi connectivity index (χ0n) is 15.5. The molecule has 28 heavy (non-hydrogen) atoms. The lowest BCUT2D eigenvalue weighted by molar-refractivity contribution is 0.0973. The van der Waals surface area contributed by atoms with E-state index in [4.69, 9.17) is 0 Å². The van der Waals surface area contributed by atoms with Crippen LogP contribution in [0.4, 0.5) is 0 Å². The minimum atomic E-state index is -0.470. The van der Waals surface area contributed by atoms with Crippen LogP contribution in [0.5, 0.6) is 0 Å². The van der Waals surface area contributed by atoms with E-state index in [9.17, 15) is 14.4 Å². The molecule has 0 radical (unpaired) electrons. The van der Waals surface area contributed by atoms with Crippen LogP contribution in [-0.2, 0) is 20.6 Å². The standard InChI is InChI=1S/C21H18N4O3/c1-23-19-18(20(27)24(2)21(23)28)25(13-22-19)12-17(26)16-10-8-15(9-11-16)14-6-4-3-5-7-14/h3-11,13H,12H2,1-2H3. The Bertz CT molecular complexity index is 1300. The number of rotatable bonds is 4. The normalized spacial score (nSPS) is 11.1. The molecule has 2 aromatic heterocycles. The van der Waals surface area contributed by atoms with Gasteiger partial charge in [-0.3, -0.25) is 18.7 Å². The van der Waals surface area contributed by atoms with Gasteiger partial charge in [0, 0.05) is 19.7 Å². The molecule has 0 saturated carbocycles. The number of nitrogens with zero attached hydrogens (tertiary/aromatic N) is 4. The molecule has 4 aromatic rings. The second-order valence-electron chi connectivity index (χ2n) is 6.62. The SMILES string of the molecule is Cn1c(=O)c2c(ncn2CC(=O)c2ccc(-c3ccccc3)cc2)n(C)c1=O. The number of benzene rings is 2. The fraction of sp³-hybridized carbons (Fsp3) is 0.143. The summed E-state index contributed by atoms with van der Waals surface area (Å²) in [6.07, 6.45) is 1.42. The molecule has 0 aliphatic heterocycles. The topological polar surface area (TPSA) is 78.9 Å². The molecule has 7 nitrogen and oxygen atoms in total. The second kappa shape index (κ2) is 6.77. The predicted molar refractivity (Wildman–Crippen MR) is 106 cm³/mol. The first-order valence-corrected chi connectivity index (χ1v) is 8.77. The summed E-state index contributed by atoms with van der Waals surface area (Å²) >= 11 is 0. The molecule has 0 saturated heterocycles. The van der Waals surface area contributed by atoms with Crippen molar-refractivity contribution in [3.8, 4) is 11.1 Å². The van der Waals surface area contributed by atoms with Gasteiger partial charge < -0.3 is 4.57 Å². The predicted octanol–water partition coefficient (Wildman–Crippen LogP) is 1.98. The van der Waals surface area contributed by atoms with Crippen LogP contribution in [0.15, 0.2) is 70.5 Å². The van der Waals surface area contributed by atoms with Crippen molar-refractivity contribution in [1.29, 1.82) is 0 Å². The van der Waals surface area contributed by atoms with Crippen molar-refractivity contribution in [3.63, 3.8) is 0 Å². The van der Waals surface area contributed by atoms with Crippen LogP contribution in [0.25, 0.3) is 22.3 Å². The molecule has 0 bridgehead atoms. The number of aromatic nitrogens is 4. The van der Waals surface area contributed by atoms with Gasteiger partial charge in [-0.15, -0.1) is 0 Å². The monoisotopic (exact) mass is 374 g/mol. The number of carbonyl (C=O) groups excluding carboxylic acids is 1. The highest BCUT2D eigenvalue weighted by Gasteiger charge is 2.16. The summed E-state index contributed by atoms with van der Waals surface area (Å²) in [5.74, 6) is -0.144. The lowest BCUT2D eigenvalue weighted by Gasteiger charge is -2.07. The van der Waals surface area contributed by atoms with Gasteiger partial charge in [0.2, 0.25) is 0 Å². The van der Waals surface area contributed by atoms with Crippen LogP contribution in [0.3, 0.4) is 0 Å². The number of carbonyl (C=O) groups is 1. The van der Waals surface area contributed by atoms with Crippen LogP contribution in [-0.4, -0.2) is 24.5 Å². The summed E-state index contributed by atoms with van der Waals surface area (Å²) in [6, 6.07) is 17.3. The van der Waals surface area contributed by atoms with Crippen LogP contribution >= 0.6 is 0 Å². The van der Waals surface area contributed by atoms with Crippen LogP contribution in [0.2, 0.25) is 0 Å². The highest BCUT2D eigenvalue weighted by atomic mass is 16.2. The molecule has 7 heteroatoms. The summed E-state index contributed by atoms with van der Waals surface area (Å²) in [4.78, 5) is 41.4. The summed E-state index contributed by atoms with van der Waals surface area (Å²) in [5.41, 5.74) is 2.22. The van der Waals surface area contributed by atoms with Gasteiger partial charge in [0.05, 0.1) is 12.9 Å². The summed E-state index contributed by atoms with van der Waals surface area (Å²) in [5, 5.41) is 0. The maximum Gasteiger partial charge on any atom is 0.332 e. The van der Waals surface area contributed by atoms with Gasteiger partial charge >= 0.3 is 5.69 Å². The van der Waals surface area contributed by atoms with Crippen molar-refractivity contribution in [3.05, 3.63) is 87.3 Å². The average molecular weight is 374 g/mol. The van der Waals surface area contributed by atoms with E-state index in [0.29, 0.717) is 5.56 Å². The Kier molecular flexibility index (Phi) is 4.27. The van der Waals surface area contributed by atoms with Gasteiger partial charge in [0.1, 0.15) is 0 Å². The van der Waals surface area contributed by atoms with E-state index in [1.54, 1.807) is 19.2 Å². The minimum absolute atomic E-state index is 0.0331. The summed E-state index contributed by atoms with van der Waals surface area (Å²) in [6.45, 7) is -0.0331. The number of hydrogen-bond donors (Lipinski definition) is 0. The van der Waals surface area contributed by atoms with Crippen molar-refractivity contribution in [1.82, 2.24) is 18.7 Å². The lowest BCUT2D eigenvalue weighted by atomic mass is 10.0. The Hall–Kier alpha value is -3.74. The number of Topliss-reactive ketones (excluding diaryl/α,β-unsaturated/α-hetero) is 1. The van der Waals surface area contributed by atoms with Crippen molar-refractivity contribution in [2.45, 2.75) is 6.54 Å². The largest absolute Gasteiger partial charge is 0.332 e. The number of fused-ring (bicyclic) bond motifs is 1. The molecule has 140 valence electrons. The summed E-state index contributed by atoms with van der Waals surface area (Å²) in [7, 11) is 2.96. The van der Waals surface area contributed by atoms with E-state index in [1.165, 1.54) is 22.5 Å². The number of hydrogen-bond acceptors (Lipinski definition) is 4. The molecule has 0 spiro atoms. The molecule has 4 rings (SSSR count). The molecular weight excluding hydrogens is 356 g/mol. The molecule has 0 atom stereocenters. The zero-order valence-corrected chi connectivity index (χ0v) is 15.5. The van der Waals surface area contributed by atoms with Crippen molar-refractivity contribution in [2.24, 2.45) is 14.1 Å². The van der Waals surface area contributed by atoms with Crippen LogP contribution in [0, 0.1) is 0 Å². The van der Waals surface area contributed by atoms with Crippen molar-refractivity contribution >= 4 is 16.9 Å². The second-order valence-corrected chi connectivity index (χ2v) is 6.62. The van der Waals surface area contributed by atoms with Gasteiger partial charge in [-0.25, -0.2) is 9.78 Å². The molecule has 2 heterocycles. The molecule has 0 amide bonds. The third kappa shape index (κ3) is 2.87. The Balaban J connectivity index is 1.66. The van der Waals surface area contributed by atoms with E-state index in [0.717, 1.165) is 15.7 Å². The number of imidazole rings is 1. The third-order valence-electron chi connectivity index (χ3n) is 4.85. The fourth-order valence-corrected chi connectivity index (χ4v) is 3.24. The van der Waals surface area contributed by atoms with E-state index < -0.39 is 11.2 Å². The van der Waals surface area contributed by atoms with Crippen LogP contribution in [0.1, 0.15) is 10.4 Å². The molecule has 0 unspecified atom stereocenters. The fourth-order valence-electron chi connectivity index (χ4n) is 3.24. The lowest BCUT2D eigenvalue weighted by Crippen LogP contribution is -2.37. The van der Waals surface area contributed by atoms with E-state index in [2.05, 4.69) is 4.98 Å². The van der Waals surface area contributed by atoms with Gasteiger partial charge in [0.25, 0.3) is 5.56 Å². The Morgan fingerprint density at radius 1 is 0.893 bits per heavy atom. The first-order chi connectivity index (χ1) is 13.5. The van der Waals surface area contributed by atoms with Gasteiger partial charge in [-0.1, -0.05) is 54.6 Å². The van der Waals surface area contributed by atoms with E-state index in [-0.39, 0.29) is 23.5 Å². The van der Waals surface area contributed by atoms with Gasteiger partial charge in [0.15, 0.2) is 16.9 Å². The molecule has 0 fully saturated rings. The average Bonchev–Trinajstić information content (AvgIpc) is 3.15. The highest BCUT2D eigenvalue weighted by molar-refractivity contribution is 5.97. The van der Waals surface area contributed by atoms with Gasteiger partial charge in [-0.05, 0) is 11.1 Å². The molecular formula is C21H18N4O3. The Morgan fingerprint density at radius 2 is 1.54 bits per heavy atom. The van der Waals surface area contributed by atoms with Gasteiger partial charge in [-0.2, -0.15) is 0 Å². The quantitative estimate of drug-likeness (QED) is 0.512. The molecule has 0 aliphatic carbocycles. The van der Waals surface area contributed by atoms with Crippen molar-refractivity contribution < 1.29 is 4.79 Å². The van der Waals surface area contributed by atoms with Crippen LogP contribution < -0.4 is 11.2 Å². The Labute approximate surface area is 160 Å². The maximum absolute atomic E-state index is 12.7. The molecule has 0 aliphatic rings. The van der Waals surface area contributed by atoms with E-state index in [1.807, 2.05) is 42.5 Å².